The minimum absolute atomic E-state index is 0.454. The Kier molecular flexibility index (Phi) is 5.67. The molecule has 0 aromatic heterocycles. The summed E-state index contributed by atoms with van der Waals surface area (Å²) in [7, 11) is 0. The Bertz CT molecular complexity index is 397. The van der Waals surface area contributed by atoms with Gasteiger partial charge in [-0.15, -0.1) is 0 Å². The molecule has 116 valence electrons. The second-order valence-corrected chi connectivity index (χ2v) is 6.51. The monoisotopic (exact) mass is 288 g/mol. The lowest BCUT2D eigenvalue weighted by Gasteiger charge is -2.31. The molecule has 2 fully saturated rings. The lowest BCUT2D eigenvalue weighted by atomic mass is 9.97. The fourth-order valence-electron chi connectivity index (χ4n) is 3.55. The van der Waals surface area contributed by atoms with E-state index >= 15 is 0 Å². The summed E-state index contributed by atoms with van der Waals surface area (Å²) >= 11 is 0. The Balaban J connectivity index is 1.58. The van der Waals surface area contributed by atoms with Crippen LogP contribution in [0.4, 0.5) is 0 Å². The van der Waals surface area contributed by atoms with Crippen LogP contribution >= 0.6 is 0 Å². The van der Waals surface area contributed by atoms with Crippen molar-refractivity contribution in [2.24, 2.45) is 5.92 Å². The number of ether oxygens (including phenoxy) is 1. The smallest absolute Gasteiger partial charge is 0.0702 e. The third kappa shape index (κ3) is 4.80. The molecule has 2 heterocycles. The molecule has 2 saturated heterocycles. The van der Waals surface area contributed by atoms with Gasteiger partial charge in [-0.05, 0) is 50.3 Å². The van der Waals surface area contributed by atoms with E-state index in [9.17, 15) is 0 Å². The maximum Gasteiger partial charge on any atom is 0.0702 e. The van der Waals surface area contributed by atoms with Gasteiger partial charge in [-0.1, -0.05) is 30.3 Å². The van der Waals surface area contributed by atoms with Crippen molar-refractivity contribution in [3.63, 3.8) is 0 Å². The normalized spacial score (nSPS) is 23.8. The molecule has 21 heavy (non-hydrogen) atoms. The van der Waals surface area contributed by atoms with Crippen LogP contribution in [0, 0.1) is 5.92 Å². The van der Waals surface area contributed by atoms with Crippen LogP contribution in [0.1, 0.15) is 31.2 Å². The average molecular weight is 288 g/mol. The molecule has 0 radical (unpaired) electrons. The molecule has 3 nitrogen and oxygen atoms in total. The number of nitrogens with zero attached hydrogens (tertiary/aromatic N) is 1. The molecule has 3 rings (SSSR count). The van der Waals surface area contributed by atoms with Crippen molar-refractivity contribution in [2.75, 3.05) is 32.8 Å². The highest BCUT2D eigenvalue weighted by molar-refractivity contribution is 5.14. The van der Waals surface area contributed by atoms with Crippen molar-refractivity contribution in [3.8, 4) is 0 Å². The van der Waals surface area contributed by atoms with Gasteiger partial charge >= 0.3 is 0 Å². The van der Waals surface area contributed by atoms with Crippen LogP contribution in [0.15, 0.2) is 30.3 Å². The number of benzene rings is 1. The van der Waals surface area contributed by atoms with Gasteiger partial charge in [-0.25, -0.2) is 0 Å². The van der Waals surface area contributed by atoms with Crippen LogP contribution < -0.4 is 5.32 Å². The Morgan fingerprint density at radius 1 is 1.05 bits per heavy atom. The van der Waals surface area contributed by atoms with E-state index in [0.717, 1.165) is 25.6 Å². The molecule has 2 aliphatic heterocycles. The van der Waals surface area contributed by atoms with Crippen LogP contribution in [0.3, 0.4) is 0 Å². The van der Waals surface area contributed by atoms with Gasteiger partial charge in [0.15, 0.2) is 0 Å². The van der Waals surface area contributed by atoms with E-state index in [1.165, 1.54) is 50.9 Å². The van der Waals surface area contributed by atoms with Crippen molar-refractivity contribution in [2.45, 2.75) is 38.3 Å². The van der Waals surface area contributed by atoms with Gasteiger partial charge < -0.3 is 10.1 Å². The molecule has 0 aliphatic carbocycles. The summed E-state index contributed by atoms with van der Waals surface area (Å²) in [6.07, 6.45) is 5.55. The number of nitrogens with one attached hydrogen (secondary N) is 1. The van der Waals surface area contributed by atoms with E-state index < -0.39 is 0 Å². The molecule has 1 aromatic carbocycles. The molecule has 2 aliphatic rings. The molecular weight excluding hydrogens is 260 g/mol. The third-order valence-electron chi connectivity index (χ3n) is 4.71. The first-order chi connectivity index (χ1) is 10.4. The van der Waals surface area contributed by atoms with Crippen LogP contribution in [0.25, 0.3) is 0 Å². The van der Waals surface area contributed by atoms with Gasteiger partial charge in [-0.2, -0.15) is 0 Å². The topological polar surface area (TPSA) is 24.5 Å². The first kappa shape index (κ1) is 15.0. The highest BCUT2D eigenvalue weighted by Crippen LogP contribution is 2.19. The zero-order valence-corrected chi connectivity index (χ0v) is 13.0. The molecule has 1 aromatic rings. The van der Waals surface area contributed by atoms with Gasteiger partial charge in [0.25, 0.3) is 0 Å². The van der Waals surface area contributed by atoms with Crippen LogP contribution in [0.2, 0.25) is 0 Å². The van der Waals surface area contributed by atoms with Gasteiger partial charge in [0.1, 0.15) is 0 Å². The van der Waals surface area contributed by atoms with Crippen molar-refractivity contribution < 1.29 is 4.74 Å². The van der Waals surface area contributed by atoms with Crippen molar-refractivity contribution in [3.05, 3.63) is 35.9 Å². The van der Waals surface area contributed by atoms with Crippen molar-refractivity contribution >= 4 is 0 Å². The predicted molar refractivity (Wildman–Crippen MR) is 86.3 cm³/mol. The summed E-state index contributed by atoms with van der Waals surface area (Å²) in [6.45, 7) is 6.70. The Morgan fingerprint density at radius 2 is 1.86 bits per heavy atom. The fourth-order valence-corrected chi connectivity index (χ4v) is 3.55. The first-order valence-electron chi connectivity index (χ1n) is 8.49. The maximum atomic E-state index is 5.86. The second kappa shape index (κ2) is 7.92. The summed E-state index contributed by atoms with van der Waals surface area (Å²) < 4.78 is 5.86. The third-order valence-corrected chi connectivity index (χ3v) is 4.71. The number of hydrogen-bond donors (Lipinski definition) is 1. The standard InChI is InChI=1S/C18H28N2O/c1-2-5-16(6-3-1)13-20(15-18-7-4-12-21-18)14-17-8-10-19-11-9-17/h1-3,5-6,17-19H,4,7-15H2. The Morgan fingerprint density at radius 3 is 2.57 bits per heavy atom. The minimum atomic E-state index is 0.454. The molecule has 0 amide bonds. The van der Waals surface area contributed by atoms with E-state index in [0.29, 0.717) is 6.10 Å². The lowest BCUT2D eigenvalue weighted by molar-refractivity contribution is 0.0623. The highest BCUT2D eigenvalue weighted by Gasteiger charge is 2.22. The second-order valence-electron chi connectivity index (χ2n) is 6.51. The Hall–Kier alpha value is -0.900. The van der Waals surface area contributed by atoms with Gasteiger partial charge in [0.05, 0.1) is 6.10 Å². The van der Waals surface area contributed by atoms with Crippen LogP contribution in [-0.2, 0) is 11.3 Å². The Labute approximate surface area is 128 Å². The van der Waals surface area contributed by atoms with E-state index in [1.807, 2.05) is 0 Å². The van der Waals surface area contributed by atoms with Crippen LogP contribution in [0.5, 0.6) is 0 Å². The lowest BCUT2D eigenvalue weighted by Crippen LogP contribution is -2.39. The molecule has 0 bridgehead atoms. The summed E-state index contributed by atoms with van der Waals surface area (Å²) in [5, 5.41) is 3.47. The van der Waals surface area contributed by atoms with E-state index in [1.54, 1.807) is 0 Å². The maximum absolute atomic E-state index is 5.86. The first-order valence-corrected chi connectivity index (χ1v) is 8.49. The molecule has 0 saturated carbocycles. The number of piperidine rings is 1. The predicted octanol–water partition coefficient (Wildman–Crippen LogP) is 2.67. The van der Waals surface area contributed by atoms with E-state index in [4.69, 9.17) is 4.74 Å². The van der Waals surface area contributed by atoms with Crippen molar-refractivity contribution in [1.82, 2.24) is 10.2 Å². The zero-order chi connectivity index (χ0) is 14.3. The van der Waals surface area contributed by atoms with E-state index in [-0.39, 0.29) is 0 Å². The quantitative estimate of drug-likeness (QED) is 0.871. The van der Waals surface area contributed by atoms with E-state index in [2.05, 4.69) is 40.5 Å². The molecule has 1 atom stereocenters. The van der Waals surface area contributed by atoms with Gasteiger partial charge in [0, 0.05) is 26.2 Å². The van der Waals surface area contributed by atoms with Gasteiger partial charge in [0.2, 0.25) is 0 Å². The number of rotatable bonds is 6. The molecule has 1 unspecified atom stereocenters. The van der Waals surface area contributed by atoms with Gasteiger partial charge in [-0.3, -0.25) is 4.90 Å². The number of hydrogen-bond acceptors (Lipinski definition) is 3. The molecule has 0 spiro atoms. The fraction of sp³-hybridized carbons (Fsp3) is 0.667. The minimum Gasteiger partial charge on any atom is -0.377 e. The van der Waals surface area contributed by atoms with Crippen LogP contribution in [-0.4, -0.2) is 43.8 Å². The average Bonchev–Trinajstić information content (AvgIpc) is 3.02. The zero-order valence-electron chi connectivity index (χ0n) is 13.0. The summed E-state index contributed by atoms with van der Waals surface area (Å²) in [5.74, 6) is 0.844. The summed E-state index contributed by atoms with van der Waals surface area (Å²) in [5.41, 5.74) is 1.42. The van der Waals surface area contributed by atoms with Crippen molar-refractivity contribution in [1.29, 1.82) is 0 Å². The molecule has 1 N–H and O–H groups in total. The highest BCUT2D eigenvalue weighted by atomic mass is 16.5. The largest absolute Gasteiger partial charge is 0.377 e. The summed E-state index contributed by atoms with van der Waals surface area (Å²) in [4.78, 5) is 2.63. The molecular formula is C18H28N2O. The SMILES string of the molecule is c1ccc(CN(CC2CCNCC2)CC2CCCO2)cc1. The summed E-state index contributed by atoms with van der Waals surface area (Å²) in [6, 6.07) is 10.9. The molecule has 3 heteroatoms.